The summed E-state index contributed by atoms with van der Waals surface area (Å²) < 4.78 is 10.8. The fraction of sp³-hybridized carbons (Fsp3) is 0.500. The summed E-state index contributed by atoms with van der Waals surface area (Å²) in [6, 6.07) is 2.16. The minimum Gasteiger partial charge on any atom is -0.862 e. The zero-order chi connectivity index (χ0) is 18.7. The van der Waals surface area contributed by atoms with Crippen molar-refractivity contribution < 1.29 is 34.8 Å². The zero-order valence-corrected chi connectivity index (χ0v) is 13.7. The van der Waals surface area contributed by atoms with Crippen LogP contribution in [0.15, 0.2) is 23.2 Å². The van der Waals surface area contributed by atoms with Gasteiger partial charge in [-0.15, -0.1) is 0 Å². The summed E-state index contributed by atoms with van der Waals surface area (Å²) in [6.07, 6.45) is -5.53. The number of ether oxygens (including phenoxy) is 2. The van der Waals surface area contributed by atoms with Crippen molar-refractivity contribution in [2.75, 3.05) is 6.61 Å². The molecule has 0 aliphatic carbocycles. The number of aliphatic hydroxyl groups is 3. The zero-order valence-electron chi connectivity index (χ0n) is 13.0. The number of aliphatic hydroxyl groups excluding tert-OH is 3. The molecule has 5 atom stereocenters. The molecule has 11 heteroatoms. The molecule has 1 heterocycles. The second-order valence-corrected chi connectivity index (χ2v) is 5.74. The quantitative estimate of drug-likeness (QED) is 0.261. The van der Waals surface area contributed by atoms with Gasteiger partial charge in [0.2, 0.25) is 6.29 Å². The molecule has 1 aromatic rings. The van der Waals surface area contributed by atoms with Crippen molar-refractivity contribution in [1.82, 2.24) is 0 Å². The third kappa shape index (κ3) is 4.35. The maximum Gasteiger partial charge on any atom is 0.271 e. The van der Waals surface area contributed by atoms with Gasteiger partial charge >= 0.3 is 0 Å². The average molecular weight is 376 g/mol. The number of nitro benzene ring substituents is 1. The Morgan fingerprint density at radius 2 is 2.12 bits per heavy atom. The van der Waals surface area contributed by atoms with E-state index in [9.17, 15) is 30.5 Å². The lowest BCUT2D eigenvalue weighted by atomic mass is 9.97. The highest BCUT2D eigenvalue weighted by molar-refractivity contribution is 6.32. The molecule has 0 aromatic heterocycles. The third-order valence-electron chi connectivity index (χ3n) is 3.55. The SMILES string of the molecule is CC([O-])=N[C@H]1[C@H](Oc2ccc([N+](=O)[O-])cc2Cl)O[C@H](CO)[C@@H](O)[C@@H]1O. The summed E-state index contributed by atoms with van der Waals surface area (Å²) in [4.78, 5) is 13.8. The van der Waals surface area contributed by atoms with Crippen LogP contribution in [0.4, 0.5) is 5.69 Å². The molecule has 2 rings (SSSR count). The molecule has 1 saturated heterocycles. The number of benzene rings is 1. The Morgan fingerprint density at radius 3 is 2.64 bits per heavy atom. The van der Waals surface area contributed by atoms with Crippen LogP contribution in [0.2, 0.25) is 5.02 Å². The molecule has 1 aromatic carbocycles. The van der Waals surface area contributed by atoms with Crippen molar-refractivity contribution in [3.05, 3.63) is 33.3 Å². The van der Waals surface area contributed by atoms with E-state index >= 15 is 0 Å². The lowest BCUT2D eigenvalue weighted by Crippen LogP contribution is -2.59. The first-order valence-electron chi connectivity index (χ1n) is 7.19. The highest BCUT2D eigenvalue weighted by Crippen LogP contribution is 2.32. The lowest BCUT2D eigenvalue weighted by molar-refractivity contribution is -0.384. The van der Waals surface area contributed by atoms with Gasteiger partial charge in [-0.05, 0) is 18.9 Å². The number of halogens is 1. The van der Waals surface area contributed by atoms with Gasteiger partial charge in [0.15, 0.2) is 0 Å². The van der Waals surface area contributed by atoms with Crippen LogP contribution >= 0.6 is 11.6 Å². The van der Waals surface area contributed by atoms with E-state index in [-0.39, 0.29) is 16.5 Å². The molecule has 138 valence electrons. The summed E-state index contributed by atoms with van der Waals surface area (Å²) in [7, 11) is 0. The van der Waals surface area contributed by atoms with Gasteiger partial charge in [0, 0.05) is 12.1 Å². The van der Waals surface area contributed by atoms with E-state index in [1.165, 1.54) is 6.07 Å². The van der Waals surface area contributed by atoms with E-state index in [1.54, 1.807) is 0 Å². The summed E-state index contributed by atoms with van der Waals surface area (Å²) >= 11 is 5.94. The topological polar surface area (TPSA) is 158 Å². The van der Waals surface area contributed by atoms with Gasteiger partial charge in [-0.25, -0.2) is 0 Å². The van der Waals surface area contributed by atoms with Crippen molar-refractivity contribution in [3.63, 3.8) is 0 Å². The number of hydrogen-bond acceptors (Lipinski definition) is 9. The number of hydrogen-bond donors (Lipinski definition) is 3. The Kier molecular flexibility index (Phi) is 6.14. The number of non-ortho nitro benzene ring substituents is 1. The van der Waals surface area contributed by atoms with Crippen molar-refractivity contribution in [3.8, 4) is 5.75 Å². The van der Waals surface area contributed by atoms with Crippen LogP contribution < -0.4 is 9.84 Å². The van der Waals surface area contributed by atoms with Crippen LogP contribution in [-0.2, 0) is 4.74 Å². The smallest absolute Gasteiger partial charge is 0.271 e. The molecule has 1 aliphatic heterocycles. The fourth-order valence-electron chi connectivity index (χ4n) is 2.34. The summed E-state index contributed by atoms with van der Waals surface area (Å²) in [5, 5.41) is 51.2. The van der Waals surface area contributed by atoms with E-state index in [2.05, 4.69) is 4.99 Å². The second-order valence-electron chi connectivity index (χ2n) is 5.34. The molecule has 25 heavy (non-hydrogen) atoms. The summed E-state index contributed by atoms with van der Waals surface area (Å²) in [6.45, 7) is 0.534. The van der Waals surface area contributed by atoms with Crippen LogP contribution in [0.25, 0.3) is 0 Å². The molecule has 0 spiro atoms. The predicted molar refractivity (Wildman–Crippen MR) is 83.4 cm³/mol. The minimum absolute atomic E-state index is 0.0127. The van der Waals surface area contributed by atoms with E-state index < -0.39 is 48.1 Å². The molecular formula is C14H16ClN2O8-. The van der Waals surface area contributed by atoms with Gasteiger partial charge in [0.1, 0.15) is 30.1 Å². The molecule has 1 fully saturated rings. The van der Waals surface area contributed by atoms with Gasteiger partial charge in [0.05, 0.1) is 16.6 Å². The lowest BCUT2D eigenvalue weighted by Gasteiger charge is -2.40. The maximum absolute atomic E-state index is 11.3. The molecule has 0 bridgehead atoms. The third-order valence-corrected chi connectivity index (χ3v) is 3.84. The Morgan fingerprint density at radius 1 is 1.44 bits per heavy atom. The Hall–Kier alpha value is -1.98. The Bertz CT molecular complexity index is 666. The Balaban J connectivity index is 2.30. The van der Waals surface area contributed by atoms with Crippen molar-refractivity contribution >= 4 is 23.2 Å². The van der Waals surface area contributed by atoms with E-state index in [4.69, 9.17) is 21.1 Å². The normalized spacial score (nSPS) is 30.1. The number of nitrogens with zero attached hydrogens (tertiary/aromatic N) is 2. The largest absolute Gasteiger partial charge is 0.862 e. The molecular weight excluding hydrogens is 360 g/mol. The highest BCUT2D eigenvalue weighted by atomic mass is 35.5. The van der Waals surface area contributed by atoms with Crippen LogP contribution in [0.3, 0.4) is 0 Å². The fourth-order valence-corrected chi connectivity index (χ4v) is 2.56. The van der Waals surface area contributed by atoms with Crippen LogP contribution in [0.5, 0.6) is 5.75 Å². The molecule has 0 amide bonds. The first kappa shape index (κ1) is 19.3. The van der Waals surface area contributed by atoms with Gasteiger partial charge in [-0.2, -0.15) is 0 Å². The summed E-state index contributed by atoms with van der Waals surface area (Å²) in [5.41, 5.74) is -0.254. The second kappa shape index (κ2) is 7.93. The Labute approximate surface area is 147 Å². The summed E-state index contributed by atoms with van der Waals surface area (Å²) in [5.74, 6) is -0.646. The molecule has 3 N–H and O–H groups in total. The van der Waals surface area contributed by atoms with Crippen LogP contribution in [0.1, 0.15) is 6.92 Å². The van der Waals surface area contributed by atoms with Gasteiger partial charge in [-0.3, -0.25) is 15.1 Å². The first-order chi connectivity index (χ1) is 11.7. The van der Waals surface area contributed by atoms with Gasteiger partial charge in [-0.1, -0.05) is 11.6 Å². The standard InChI is InChI=1S/C14H17ClN2O8/c1-6(19)16-11-13(21)12(20)10(5-18)25-14(11)24-9-3-2-7(17(22)23)4-8(9)15/h2-4,10-14,18,20-21H,5H2,1H3,(H,16,19)/p-1/t10-,11-,12-,13-,14-/m1/s1. The number of rotatable bonds is 5. The number of nitro groups is 1. The molecule has 1 aliphatic rings. The molecule has 10 nitrogen and oxygen atoms in total. The predicted octanol–water partition coefficient (Wildman–Crippen LogP) is -0.787. The van der Waals surface area contributed by atoms with Crippen molar-refractivity contribution in [1.29, 1.82) is 0 Å². The average Bonchev–Trinajstić information content (AvgIpc) is 2.55. The molecule has 0 saturated carbocycles. The van der Waals surface area contributed by atoms with E-state index in [0.717, 1.165) is 19.1 Å². The molecule has 0 radical (unpaired) electrons. The van der Waals surface area contributed by atoms with Crippen molar-refractivity contribution in [2.45, 2.75) is 37.6 Å². The maximum atomic E-state index is 11.3. The highest BCUT2D eigenvalue weighted by Gasteiger charge is 2.45. The van der Waals surface area contributed by atoms with E-state index in [0.29, 0.717) is 0 Å². The van der Waals surface area contributed by atoms with Gasteiger partial charge in [0.25, 0.3) is 5.69 Å². The minimum atomic E-state index is -1.53. The first-order valence-corrected chi connectivity index (χ1v) is 7.57. The van der Waals surface area contributed by atoms with Crippen molar-refractivity contribution in [2.24, 2.45) is 4.99 Å². The van der Waals surface area contributed by atoms with E-state index in [1.807, 2.05) is 0 Å². The van der Waals surface area contributed by atoms with Crippen LogP contribution in [-0.4, -0.2) is 63.4 Å². The molecule has 0 unspecified atom stereocenters. The number of aliphatic imine (C=N–C) groups is 1. The van der Waals surface area contributed by atoms with Crippen LogP contribution in [0, 0.1) is 10.1 Å². The monoisotopic (exact) mass is 375 g/mol. The van der Waals surface area contributed by atoms with Gasteiger partial charge < -0.3 is 29.9 Å².